The molecule has 0 radical (unpaired) electrons. The Bertz CT molecular complexity index is 1050. The van der Waals surface area contributed by atoms with E-state index in [1.165, 1.54) is 29.2 Å². The summed E-state index contributed by atoms with van der Waals surface area (Å²) in [5, 5.41) is 12.6. The minimum Gasteiger partial charge on any atom is -0.394 e. The fraction of sp³-hybridized carbons (Fsp3) is 0.333. The van der Waals surface area contributed by atoms with Crippen molar-refractivity contribution in [1.29, 1.82) is 0 Å². The van der Waals surface area contributed by atoms with E-state index < -0.39 is 11.8 Å². The van der Waals surface area contributed by atoms with Crippen molar-refractivity contribution in [3.05, 3.63) is 65.5 Å². The lowest BCUT2D eigenvalue weighted by Gasteiger charge is -2.58. The number of anilines is 1. The summed E-state index contributed by atoms with van der Waals surface area (Å²) < 4.78 is 18.0. The van der Waals surface area contributed by atoms with Crippen molar-refractivity contribution in [1.82, 2.24) is 9.80 Å². The number of hydrogen-bond acceptors (Lipinski definition) is 4. The van der Waals surface area contributed by atoms with Crippen molar-refractivity contribution in [3.63, 3.8) is 0 Å². The van der Waals surface area contributed by atoms with Gasteiger partial charge in [0.15, 0.2) is 0 Å². The number of carbonyl (C=O) groups is 2. The predicted molar refractivity (Wildman–Crippen MR) is 116 cm³/mol. The van der Waals surface area contributed by atoms with E-state index in [9.17, 15) is 19.1 Å². The number of ether oxygens (including phenoxy) is 1. The average molecular weight is 437 g/mol. The summed E-state index contributed by atoms with van der Waals surface area (Å²) in [6.07, 6.45) is 0. The number of methoxy groups -OCH3 is 1. The van der Waals surface area contributed by atoms with Gasteiger partial charge in [0.25, 0.3) is 0 Å². The Labute approximate surface area is 185 Å². The molecule has 2 aliphatic heterocycles. The number of urea groups is 1. The molecule has 4 rings (SSSR count). The number of rotatable bonds is 4. The third kappa shape index (κ3) is 4.31. The topological polar surface area (TPSA) is 82.1 Å². The molecule has 166 valence electrons. The molecule has 0 spiro atoms. The van der Waals surface area contributed by atoms with Crippen molar-refractivity contribution in [2.75, 3.05) is 38.7 Å². The van der Waals surface area contributed by atoms with Crippen LogP contribution in [0.25, 0.3) is 0 Å². The highest BCUT2D eigenvalue weighted by Crippen LogP contribution is 2.42. The summed E-state index contributed by atoms with van der Waals surface area (Å²) in [5.74, 6) is 5.23. The maximum Gasteiger partial charge on any atom is 0.322 e. The average Bonchev–Trinajstić information content (AvgIpc) is 2.78. The molecule has 0 saturated carbocycles. The third-order valence-corrected chi connectivity index (χ3v) is 5.88. The smallest absolute Gasteiger partial charge is 0.322 e. The van der Waals surface area contributed by atoms with Crippen molar-refractivity contribution in [2.24, 2.45) is 0 Å². The quantitative estimate of drug-likeness (QED) is 0.718. The second-order valence-corrected chi connectivity index (χ2v) is 7.82. The fourth-order valence-electron chi connectivity index (χ4n) is 4.39. The molecular formula is C24H24FN3O4. The molecule has 2 saturated heterocycles. The number of amides is 3. The molecule has 2 aromatic carbocycles. The summed E-state index contributed by atoms with van der Waals surface area (Å²) in [6.45, 7) is 0.478. The molecule has 0 aromatic heterocycles. The summed E-state index contributed by atoms with van der Waals surface area (Å²) in [5.41, 5.74) is 2.29. The van der Waals surface area contributed by atoms with Gasteiger partial charge in [0.05, 0.1) is 18.7 Å². The lowest BCUT2D eigenvalue weighted by molar-refractivity contribution is -0.159. The third-order valence-electron chi connectivity index (χ3n) is 5.88. The zero-order valence-electron chi connectivity index (χ0n) is 17.6. The minimum atomic E-state index is -0.417. The Morgan fingerprint density at radius 2 is 1.94 bits per heavy atom. The molecule has 8 heteroatoms. The summed E-state index contributed by atoms with van der Waals surface area (Å²) in [7, 11) is 1.59. The maximum absolute atomic E-state index is 13.1. The second-order valence-electron chi connectivity index (χ2n) is 7.82. The van der Waals surface area contributed by atoms with E-state index in [1.54, 1.807) is 12.0 Å². The predicted octanol–water partition coefficient (Wildman–Crippen LogP) is 2.03. The van der Waals surface area contributed by atoms with Gasteiger partial charge in [-0.05, 0) is 42.0 Å². The van der Waals surface area contributed by atoms with E-state index in [0.29, 0.717) is 18.8 Å². The first-order chi connectivity index (χ1) is 15.5. The van der Waals surface area contributed by atoms with Gasteiger partial charge in [-0.1, -0.05) is 24.0 Å². The highest BCUT2D eigenvalue weighted by molar-refractivity contribution is 5.93. The van der Waals surface area contributed by atoms with Crippen LogP contribution in [0, 0.1) is 17.7 Å². The highest BCUT2D eigenvalue weighted by atomic mass is 19.1. The molecule has 7 nitrogen and oxygen atoms in total. The van der Waals surface area contributed by atoms with Gasteiger partial charge < -0.3 is 25.0 Å². The zero-order valence-corrected chi connectivity index (χ0v) is 17.6. The van der Waals surface area contributed by atoms with Gasteiger partial charge in [0.1, 0.15) is 19.0 Å². The van der Waals surface area contributed by atoms with Gasteiger partial charge in [-0.25, -0.2) is 9.18 Å². The van der Waals surface area contributed by atoms with Crippen molar-refractivity contribution < 1.29 is 23.8 Å². The lowest BCUT2D eigenvalue weighted by Crippen LogP contribution is -2.73. The summed E-state index contributed by atoms with van der Waals surface area (Å²) in [6, 6.07) is 12.2. The van der Waals surface area contributed by atoms with Crippen LogP contribution in [-0.4, -0.2) is 72.3 Å². The Balaban J connectivity index is 1.48. The lowest BCUT2D eigenvalue weighted by atomic mass is 9.73. The number of aliphatic hydroxyl groups excluding tert-OH is 1. The standard InChI is InChI=1S/C24H24FN3O4/c1-32-12-2-3-16-4-6-17(7-5-16)23-20-13-27(14-22(30)28(20)21(23)15-29)24(31)26-19-10-8-18(25)9-11-19/h4-11,20-21,23,29H,12-15H2,1H3,(H,26,31)/t20-,21+,23-/m1/s1. The van der Waals surface area contributed by atoms with E-state index in [1.807, 2.05) is 24.3 Å². The van der Waals surface area contributed by atoms with Gasteiger partial charge in [-0.3, -0.25) is 4.79 Å². The largest absolute Gasteiger partial charge is 0.394 e. The molecule has 2 fully saturated rings. The first-order valence-electron chi connectivity index (χ1n) is 10.3. The van der Waals surface area contributed by atoms with Crippen LogP contribution in [0.15, 0.2) is 48.5 Å². The van der Waals surface area contributed by atoms with Gasteiger partial charge in [0.2, 0.25) is 5.91 Å². The number of halogens is 1. The monoisotopic (exact) mass is 437 g/mol. The zero-order chi connectivity index (χ0) is 22.7. The molecule has 2 heterocycles. The number of fused-ring (bicyclic) bond motifs is 1. The van der Waals surface area contributed by atoms with E-state index in [-0.39, 0.29) is 37.1 Å². The van der Waals surface area contributed by atoms with Crippen LogP contribution in [0.4, 0.5) is 14.9 Å². The molecular weight excluding hydrogens is 413 g/mol. The number of piperazine rings is 1. The Kier molecular flexibility index (Phi) is 6.40. The number of nitrogens with zero attached hydrogens (tertiary/aromatic N) is 2. The Hall–Kier alpha value is -3.41. The van der Waals surface area contributed by atoms with Crippen LogP contribution < -0.4 is 5.32 Å². The Morgan fingerprint density at radius 1 is 1.22 bits per heavy atom. The van der Waals surface area contributed by atoms with E-state index >= 15 is 0 Å². The van der Waals surface area contributed by atoms with Crippen LogP contribution in [0.1, 0.15) is 17.0 Å². The van der Waals surface area contributed by atoms with Gasteiger partial charge >= 0.3 is 6.03 Å². The number of carbonyl (C=O) groups excluding carboxylic acids is 2. The van der Waals surface area contributed by atoms with Gasteiger partial charge in [-0.2, -0.15) is 0 Å². The SMILES string of the molecule is COCC#Cc1ccc([C@@H]2[C@H]3CN(C(=O)Nc4ccc(F)cc4)CC(=O)N3[C@H]2CO)cc1. The molecule has 0 aliphatic carbocycles. The molecule has 2 aromatic rings. The van der Waals surface area contributed by atoms with Crippen LogP contribution in [0.2, 0.25) is 0 Å². The van der Waals surface area contributed by atoms with Crippen molar-refractivity contribution >= 4 is 17.6 Å². The van der Waals surface area contributed by atoms with E-state index in [0.717, 1.165) is 11.1 Å². The maximum atomic E-state index is 13.1. The number of benzene rings is 2. The van der Waals surface area contributed by atoms with Crippen molar-refractivity contribution in [2.45, 2.75) is 18.0 Å². The molecule has 3 atom stereocenters. The van der Waals surface area contributed by atoms with Gasteiger partial charge in [-0.15, -0.1) is 0 Å². The van der Waals surface area contributed by atoms with Crippen LogP contribution in [-0.2, 0) is 9.53 Å². The van der Waals surface area contributed by atoms with Gasteiger partial charge in [0, 0.05) is 30.8 Å². The first-order valence-corrected chi connectivity index (χ1v) is 10.3. The van der Waals surface area contributed by atoms with Crippen LogP contribution in [0.3, 0.4) is 0 Å². The molecule has 0 bridgehead atoms. The van der Waals surface area contributed by atoms with E-state index in [2.05, 4.69) is 17.2 Å². The molecule has 0 unspecified atom stereocenters. The normalized spacial score (nSPS) is 21.8. The highest BCUT2D eigenvalue weighted by Gasteiger charge is 2.54. The minimum absolute atomic E-state index is 0.0687. The van der Waals surface area contributed by atoms with Crippen molar-refractivity contribution in [3.8, 4) is 11.8 Å². The number of nitrogens with one attached hydrogen (secondary N) is 1. The fourth-order valence-corrected chi connectivity index (χ4v) is 4.39. The summed E-state index contributed by atoms with van der Waals surface area (Å²) >= 11 is 0. The number of hydrogen-bond donors (Lipinski definition) is 2. The van der Waals surface area contributed by atoms with E-state index in [4.69, 9.17) is 4.74 Å². The molecule has 3 amide bonds. The first kappa shape index (κ1) is 21.8. The van der Waals surface area contributed by atoms with Crippen LogP contribution in [0.5, 0.6) is 0 Å². The molecule has 2 N–H and O–H groups in total. The molecule has 32 heavy (non-hydrogen) atoms. The molecule has 2 aliphatic rings. The Morgan fingerprint density at radius 3 is 2.59 bits per heavy atom. The second kappa shape index (κ2) is 9.39. The number of aliphatic hydroxyl groups is 1. The van der Waals surface area contributed by atoms with Crippen LogP contribution >= 0.6 is 0 Å². The summed E-state index contributed by atoms with van der Waals surface area (Å²) in [4.78, 5) is 28.6.